The summed E-state index contributed by atoms with van der Waals surface area (Å²) in [6.07, 6.45) is 8.10. The highest BCUT2D eigenvalue weighted by atomic mass is 32.2. The molecule has 0 radical (unpaired) electrons. The summed E-state index contributed by atoms with van der Waals surface area (Å²) in [5.74, 6) is 0.107. The van der Waals surface area contributed by atoms with Crippen molar-refractivity contribution < 1.29 is 23.4 Å². The predicted molar refractivity (Wildman–Crippen MR) is 176 cm³/mol. The zero-order valence-corrected chi connectivity index (χ0v) is 28.4. The van der Waals surface area contributed by atoms with Gasteiger partial charge in [-0.3, -0.25) is 9.36 Å². The van der Waals surface area contributed by atoms with Crippen molar-refractivity contribution in [3.8, 4) is 11.9 Å². The Bertz CT molecular complexity index is 1420. The van der Waals surface area contributed by atoms with Crippen LogP contribution >= 0.6 is 0 Å². The van der Waals surface area contributed by atoms with E-state index in [-0.39, 0.29) is 59.9 Å². The molecule has 45 heavy (non-hydrogen) atoms. The van der Waals surface area contributed by atoms with Gasteiger partial charge in [-0.1, -0.05) is 66.2 Å². The Balaban J connectivity index is 2.40. The van der Waals surface area contributed by atoms with Crippen molar-refractivity contribution >= 4 is 21.4 Å². The number of aliphatic hydroxyl groups excluding tert-OH is 1. The van der Waals surface area contributed by atoms with Crippen LogP contribution in [0.1, 0.15) is 90.2 Å². The van der Waals surface area contributed by atoms with E-state index in [2.05, 4.69) is 37.9 Å². The summed E-state index contributed by atoms with van der Waals surface area (Å²) in [6.45, 7) is 10.9. The minimum Gasteiger partial charge on any atom is -0.493 e. The molecular weight excluding hydrogens is 594 g/mol. The molecule has 0 aliphatic rings. The summed E-state index contributed by atoms with van der Waals surface area (Å²) in [6, 6.07) is 8.00. The van der Waals surface area contributed by atoms with Gasteiger partial charge in [0, 0.05) is 18.7 Å². The minimum absolute atomic E-state index is 0.0285. The molecular formula is C33H51N5O6S. The third kappa shape index (κ3) is 10.7. The van der Waals surface area contributed by atoms with Crippen molar-refractivity contribution in [3.05, 3.63) is 45.7 Å². The Morgan fingerprint density at radius 3 is 2.04 bits per heavy atom. The third-order valence-corrected chi connectivity index (χ3v) is 10.1. The van der Waals surface area contributed by atoms with Crippen LogP contribution < -0.4 is 5.56 Å². The van der Waals surface area contributed by atoms with Crippen molar-refractivity contribution in [2.45, 2.75) is 97.4 Å². The fourth-order valence-electron chi connectivity index (χ4n) is 5.21. The molecule has 2 unspecified atom stereocenters. The number of sulfonamides is 1. The number of hydrogen-bond acceptors (Lipinski definition) is 9. The summed E-state index contributed by atoms with van der Waals surface area (Å²) in [5.41, 5.74) is -0.400. The maximum atomic E-state index is 14.0. The summed E-state index contributed by atoms with van der Waals surface area (Å²) in [7, 11) is -3.77. The van der Waals surface area contributed by atoms with Crippen molar-refractivity contribution in [2.75, 3.05) is 32.9 Å². The number of aromatic nitrogens is 1. The Labute approximate surface area is 268 Å². The van der Waals surface area contributed by atoms with Gasteiger partial charge in [-0.15, -0.1) is 5.11 Å². The molecule has 11 nitrogen and oxygen atoms in total. The first-order chi connectivity index (χ1) is 21.6. The molecule has 1 aromatic carbocycles. The van der Waals surface area contributed by atoms with Crippen molar-refractivity contribution in [2.24, 2.45) is 22.1 Å². The van der Waals surface area contributed by atoms with Crippen LogP contribution in [0.15, 0.2) is 44.2 Å². The van der Waals surface area contributed by atoms with Crippen molar-refractivity contribution in [3.63, 3.8) is 0 Å². The number of hydrogen-bond donors (Lipinski definition) is 2. The van der Waals surface area contributed by atoms with Crippen LogP contribution in [0.25, 0.3) is 0 Å². The van der Waals surface area contributed by atoms with Crippen LogP contribution in [0.3, 0.4) is 0 Å². The fourth-order valence-corrected chi connectivity index (χ4v) is 6.80. The topological polar surface area (TPSA) is 158 Å². The van der Waals surface area contributed by atoms with E-state index in [1.54, 1.807) is 16.4 Å². The van der Waals surface area contributed by atoms with Gasteiger partial charge in [-0.05, 0) is 55.9 Å². The molecule has 1 aromatic heterocycles. The van der Waals surface area contributed by atoms with Gasteiger partial charge in [0.2, 0.25) is 15.9 Å². The summed E-state index contributed by atoms with van der Waals surface area (Å²) >= 11 is 0. The maximum absolute atomic E-state index is 14.0. The number of ether oxygens (including phenoxy) is 1. The number of rotatable bonds is 21. The van der Waals surface area contributed by atoms with Crippen LogP contribution in [0.5, 0.6) is 5.88 Å². The molecule has 0 spiro atoms. The number of azo groups is 1. The molecule has 2 atom stereocenters. The normalized spacial score (nSPS) is 13.4. The average Bonchev–Trinajstić information content (AvgIpc) is 3.04. The first-order valence-electron chi connectivity index (χ1n) is 16.2. The van der Waals surface area contributed by atoms with Gasteiger partial charge in [0.1, 0.15) is 11.6 Å². The van der Waals surface area contributed by atoms with Gasteiger partial charge < -0.3 is 14.9 Å². The quantitative estimate of drug-likeness (QED) is 0.115. The fraction of sp³-hybridized carbons (Fsp3) is 0.636. The molecule has 1 heterocycles. The number of aromatic hydroxyl groups is 1. The highest BCUT2D eigenvalue weighted by Gasteiger charge is 2.29. The van der Waals surface area contributed by atoms with E-state index in [9.17, 15) is 23.6 Å². The number of aliphatic hydroxyl groups is 1. The van der Waals surface area contributed by atoms with Crippen molar-refractivity contribution in [1.82, 2.24) is 8.87 Å². The lowest BCUT2D eigenvalue weighted by atomic mass is 9.97. The molecule has 12 heteroatoms. The van der Waals surface area contributed by atoms with E-state index in [1.807, 2.05) is 6.07 Å². The standard InChI is InChI=1S/C33H51N5O6S/c1-6-10-12-26(8-3)23-37(24-27(9-4)13-11-7-2)45(42,43)29-16-14-28(15-17-29)35-36-31-25(5)30(22-34)32(40)38(33(31)41)18-20-44-21-19-39/h14-17,26-27,39,41H,6-13,18-21,23-24H2,1-5H3. The molecule has 2 N–H and O–H groups in total. The first kappa shape index (κ1) is 38.1. The Kier molecular flexibility index (Phi) is 16.4. The molecule has 0 bridgehead atoms. The van der Waals surface area contributed by atoms with Crippen LogP contribution in [0.4, 0.5) is 11.4 Å². The van der Waals surface area contributed by atoms with E-state index in [0.29, 0.717) is 18.8 Å². The van der Waals surface area contributed by atoms with Crippen LogP contribution in [-0.4, -0.2) is 60.4 Å². The van der Waals surface area contributed by atoms with Crippen LogP contribution in [0, 0.1) is 30.1 Å². The Hall–Kier alpha value is -3.11. The molecule has 0 aliphatic heterocycles. The van der Waals surface area contributed by atoms with Gasteiger partial charge in [-0.25, -0.2) is 8.42 Å². The van der Waals surface area contributed by atoms with Gasteiger partial charge in [0.15, 0.2) is 5.69 Å². The summed E-state index contributed by atoms with van der Waals surface area (Å²) in [5, 5.41) is 37.6. The third-order valence-electron chi connectivity index (χ3n) is 8.21. The number of pyridine rings is 1. The predicted octanol–water partition coefficient (Wildman–Crippen LogP) is 6.58. The average molecular weight is 646 g/mol. The molecule has 0 saturated heterocycles. The Morgan fingerprint density at radius 1 is 0.978 bits per heavy atom. The minimum atomic E-state index is -3.77. The SMILES string of the molecule is CCCCC(CC)CN(CC(CC)CCCC)S(=O)(=O)c1ccc(N=Nc2c(C)c(C#N)c(=O)n(CCOCCO)c2O)cc1. The van der Waals surface area contributed by atoms with E-state index in [4.69, 9.17) is 9.84 Å². The van der Waals surface area contributed by atoms with E-state index >= 15 is 0 Å². The highest BCUT2D eigenvalue weighted by molar-refractivity contribution is 7.89. The zero-order valence-electron chi connectivity index (χ0n) is 27.5. The van der Waals surface area contributed by atoms with Gasteiger partial charge in [0.25, 0.3) is 5.56 Å². The second kappa shape index (κ2) is 19.4. The molecule has 0 aliphatic carbocycles. The van der Waals surface area contributed by atoms with Gasteiger partial charge >= 0.3 is 0 Å². The van der Waals surface area contributed by atoms with Gasteiger partial charge in [0.05, 0.1) is 36.9 Å². The van der Waals surface area contributed by atoms with E-state index in [1.165, 1.54) is 19.1 Å². The lowest BCUT2D eigenvalue weighted by Gasteiger charge is -2.30. The number of nitrogens with zero attached hydrogens (tertiary/aromatic N) is 5. The number of unbranched alkanes of at least 4 members (excludes halogenated alkanes) is 2. The van der Waals surface area contributed by atoms with Crippen molar-refractivity contribution in [1.29, 1.82) is 5.26 Å². The van der Waals surface area contributed by atoms with Crippen LogP contribution in [-0.2, 0) is 21.3 Å². The summed E-state index contributed by atoms with van der Waals surface area (Å²) < 4.78 is 35.8. The maximum Gasteiger partial charge on any atom is 0.271 e. The second-order valence-electron chi connectivity index (χ2n) is 11.4. The molecule has 2 rings (SSSR count). The van der Waals surface area contributed by atoms with Gasteiger partial charge in [-0.2, -0.15) is 14.7 Å². The van der Waals surface area contributed by atoms with E-state index < -0.39 is 21.5 Å². The number of benzene rings is 1. The number of nitriles is 1. The van der Waals surface area contributed by atoms with Crippen LogP contribution in [0.2, 0.25) is 0 Å². The lowest BCUT2D eigenvalue weighted by molar-refractivity contribution is 0.0854. The second-order valence-corrected chi connectivity index (χ2v) is 13.4. The molecule has 250 valence electrons. The molecule has 0 saturated carbocycles. The lowest BCUT2D eigenvalue weighted by Crippen LogP contribution is -2.39. The van der Waals surface area contributed by atoms with E-state index in [0.717, 1.165) is 55.9 Å². The first-order valence-corrected chi connectivity index (χ1v) is 17.6. The molecule has 0 fully saturated rings. The smallest absolute Gasteiger partial charge is 0.271 e. The Morgan fingerprint density at radius 2 is 1.56 bits per heavy atom. The highest BCUT2D eigenvalue weighted by Crippen LogP contribution is 2.33. The molecule has 2 aromatic rings. The molecule has 0 amide bonds. The largest absolute Gasteiger partial charge is 0.493 e. The monoisotopic (exact) mass is 645 g/mol. The summed E-state index contributed by atoms with van der Waals surface area (Å²) in [4.78, 5) is 12.9. The zero-order chi connectivity index (χ0) is 33.4.